The molecule has 0 bridgehead atoms. The van der Waals surface area contributed by atoms with Gasteiger partial charge in [-0.2, -0.15) is 0 Å². The first kappa shape index (κ1) is 12.8. The highest BCUT2D eigenvalue weighted by molar-refractivity contribution is 7.84. The lowest BCUT2D eigenvalue weighted by atomic mass is 10.0. The van der Waals surface area contributed by atoms with Gasteiger partial charge in [-0.1, -0.05) is 12.6 Å². The van der Waals surface area contributed by atoms with Crippen molar-refractivity contribution < 1.29 is 8.95 Å². The summed E-state index contributed by atoms with van der Waals surface area (Å²) in [5, 5.41) is 8.49. The van der Waals surface area contributed by atoms with Gasteiger partial charge in [0.25, 0.3) is 0 Å². The normalized spacial score (nSPS) is 14.4. The Morgan fingerprint density at radius 3 is 2.85 bits per heavy atom. The van der Waals surface area contributed by atoms with Crippen molar-refractivity contribution >= 4 is 28.6 Å². The topological polar surface area (TPSA) is 57.0 Å². The lowest BCUT2D eigenvalue weighted by Crippen LogP contribution is -2.01. The Kier molecular flexibility index (Phi) is 3.02. The first-order chi connectivity index (χ1) is 9.61. The van der Waals surface area contributed by atoms with Crippen LogP contribution in [-0.2, 0) is 10.8 Å². The summed E-state index contributed by atoms with van der Waals surface area (Å²) in [6, 6.07) is 5.76. The van der Waals surface area contributed by atoms with Gasteiger partial charge in [0.15, 0.2) is 5.82 Å². The molecular weight excluding hydrogens is 274 g/mol. The van der Waals surface area contributed by atoms with Gasteiger partial charge in [-0.25, -0.2) is 0 Å². The molecule has 1 aliphatic rings. The smallest absolute Gasteiger partial charge is 0.225 e. The van der Waals surface area contributed by atoms with E-state index in [0.717, 1.165) is 22.4 Å². The molecule has 0 spiro atoms. The summed E-state index contributed by atoms with van der Waals surface area (Å²) in [6.07, 6.45) is 5.32. The summed E-state index contributed by atoms with van der Waals surface area (Å²) in [4.78, 5) is 0. The maximum atomic E-state index is 11.7. The molecule has 20 heavy (non-hydrogen) atoms. The first-order valence-electron chi connectivity index (χ1n) is 5.96. The maximum absolute atomic E-state index is 11.7. The predicted octanol–water partition coefficient (Wildman–Crippen LogP) is 2.03. The minimum Gasteiger partial charge on any atom is -0.497 e. The van der Waals surface area contributed by atoms with Crippen LogP contribution in [0.2, 0.25) is 0 Å². The van der Waals surface area contributed by atoms with Gasteiger partial charge in [0, 0.05) is 18.0 Å². The van der Waals surface area contributed by atoms with E-state index in [1.54, 1.807) is 17.9 Å². The second-order valence-corrected chi connectivity index (χ2v) is 5.65. The van der Waals surface area contributed by atoms with Crippen molar-refractivity contribution in [3.05, 3.63) is 41.7 Å². The minimum absolute atomic E-state index is 0.414. The van der Waals surface area contributed by atoms with E-state index in [2.05, 4.69) is 16.8 Å². The van der Waals surface area contributed by atoms with Crippen LogP contribution in [-0.4, -0.2) is 32.3 Å². The van der Waals surface area contributed by atoms with E-state index in [0.29, 0.717) is 11.0 Å². The van der Waals surface area contributed by atoms with Crippen molar-refractivity contribution in [2.45, 2.75) is 5.16 Å². The highest BCUT2D eigenvalue weighted by Crippen LogP contribution is 2.31. The molecule has 0 saturated heterocycles. The lowest BCUT2D eigenvalue weighted by molar-refractivity contribution is 0.414. The Bertz CT molecular complexity index is 762. The van der Waals surface area contributed by atoms with Crippen molar-refractivity contribution in [3.8, 4) is 5.75 Å². The lowest BCUT2D eigenvalue weighted by Gasteiger charge is -2.08. The van der Waals surface area contributed by atoms with Gasteiger partial charge < -0.3 is 4.74 Å². The van der Waals surface area contributed by atoms with Gasteiger partial charge in [0.1, 0.15) is 5.75 Å². The van der Waals surface area contributed by atoms with Crippen LogP contribution in [0.1, 0.15) is 17.0 Å². The minimum atomic E-state index is -1.21. The Morgan fingerprint density at radius 2 is 2.15 bits per heavy atom. The molecule has 102 valence electrons. The third-order valence-electron chi connectivity index (χ3n) is 3.18. The van der Waals surface area contributed by atoms with Gasteiger partial charge in [0.05, 0.1) is 17.9 Å². The van der Waals surface area contributed by atoms with Crippen molar-refractivity contribution in [3.63, 3.8) is 0 Å². The van der Waals surface area contributed by atoms with Crippen molar-refractivity contribution in [1.29, 1.82) is 0 Å². The summed E-state index contributed by atoms with van der Waals surface area (Å²) in [5.41, 5.74) is 2.67. The molecule has 1 unspecified atom stereocenters. The Morgan fingerprint density at radius 1 is 1.35 bits per heavy atom. The average Bonchev–Trinajstić information content (AvgIpc) is 2.82. The van der Waals surface area contributed by atoms with Gasteiger partial charge in [-0.3, -0.25) is 8.78 Å². The van der Waals surface area contributed by atoms with Crippen LogP contribution in [0.3, 0.4) is 0 Å². The molecule has 1 atom stereocenters. The molecule has 1 aliphatic heterocycles. The first-order valence-corrected chi connectivity index (χ1v) is 7.52. The fourth-order valence-corrected chi connectivity index (χ4v) is 2.74. The molecule has 2 aromatic rings. The van der Waals surface area contributed by atoms with E-state index >= 15 is 0 Å². The molecule has 0 amide bonds. The van der Waals surface area contributed by atoms with Crippen molar-refractivity contribution in [1.82, 2.24) is 14.8 Å². The number of rotatable bonds is 2. The standard InChI is InChI=1S/C14H13N3O2S/c1-9-12-8-11(19-2)5-4-10(12)6-7-17-13(9)15-16-14(17)20(3)18/h4-8H,1H2,2-3H3. The number of aromatic nitrogens is 3. The van der Waals surface area contributed by atoms with E-state index in [1.165, 1.54) is 0 Å². The van der Waals surface area contributed by atoms with Gasteiger partial charge in [-0.15, -0.1) is 10.2 Å². The zero-order valence-corrected chi connectivity index (χ0v) is 12.0. The van der Waals surface area contributed by atoms with E-state index in [1.807, 2.05) is 30.5 Å². The average molecular weight is 287 g/mol. The van der Waals surface area contributed by atoms with Gasteiger partial charge in [0.2, 0.25) is 5.16 Å². The van der Waals surface area contributed by atoms with Gasteiger partial charge >= 0.3 is 0 Å². The Hall–Kier alpha value is -2.21. The fraction of sp³-hybridized carbons (Fsp3) is 0.143. The van der Waals surface area contributed by atoms with E-state index in [-0.39, 0.29) is 0 Å². The quantitative estimate of drug-likeness (QED) is 0.723. The SMILES string of the molecule is C=C1c2cc(OC)ccc2C=Cn2c1nnc2S(C)=O. The molecule has 6 heteroatoms. The van der Waals surface area contributed by atoms with Crippen molar-refractivity contribution in [2.24, 2.45) is 0 Å². The molecule has 0 radical (unpaired) electrons. The third-order valence-corrected chi connectivity index (χ3v) is 3.97. The van der Waals surface area contributed by atoms with Gasteiger partial charge in [-0.05, 0) is 29.3 Å². The zero-order chi connectivity index (χ0) is 14.3. The van der Waals surface area contributed by atoms with Crippen LogP contribution in [0.4, 0.5) is 0 Å². The second-order valence-electron chi connectivity index (χ2n) is 4.38. The van der Waals surface area contributed by atoms with Crippen LogP contribution in [0.25, 0.3) is 17.8 Å². The Labute approximate surface area is 119 Å². The molecule has 0 aliphatic carbocycles. The third kappa shape index (κ3) is 1.89. The van der Waals surface area contributed by atoms with Crippen LogP contribution < -0.4 is 4.74 Å². The number of fused-ring (bicyclic) bond motifs is 2. The molecule has 0 fully saturated rings. The molecule has 0 N–H and O–H groups in total. The van der Waals surface area contributed by atoms with Crippen LogP contribution in [0, 0.1) is 0 Å². The number of nitrogens with zero attached hydrogens (tertiary/aromatic N) is 3. The summed E-state index contributed by atoms with van der Waals surface area (Å²) < 4.78 is 18.6. The van der Waals surface area contributed by atoms with Crippen LogP contribution in [0.5, 0.6) is 5.75 Å². The highest BCUT2D eigenvalue weighted by Gasteiger charge is 2.20. The monoisotopic (exact) mass is 287 g/mol. The summed E-state index contributed by atoms with van der Waals surface area (Å²) in [5.74, 6) is 1.35. The molecule has 5 nitrogen and oxygen atoms in total. The molecule has 2 heterocycles. The van der Waals surface area contributed by atoms with E-state index < -0.39 is 10.8 Å². The van der Waals surface area contributed by atoms with Crippen LogP contribution >= 0.6 is 0 Å². The highest BCUT2D eigenvalue weighted by atomic mass is 32.2. The fourth-order valence-electron chi connectivity index (χ4n) is 2.16. The van der Waals surface area contributed by atoms with Crippen LogP contribution in [0.15, 0.2) is 29.9 Å². The number of benzene rings is 1. The summed E-state index contributed by atoms with van der Waals surface area (Å²) in [6.45, 7) is 4.09. The Balaban J connectivity index is 2.21. The largest absolute Gasteiger partial charge is 0.497 e. The molecule has 0 saturated carbocycles. The molecular formula is C14H13N3O2S. The summed E-state index contributed by atoms with van der Waals surface area (Å²) >= 11 is 0. The number of methoxy groups -OCH3 is 1. The predicted molar refractivity (Wildman–Crippen MR) is 78.7 cm³/mol. The van der Waals surface area contributed by atoms with Crippen molar-refractivity contribution in [2.75, 3.05) is 13.4 Å². The number of hydrogen-bond acceptors (Lipinski definition) is 4. The molecule has 3 rings (SSSR count). The maximum Gasteiger partial charge on any atom is 0.225 e. The molecule has 1 aromatic carbocycles. The molecule has 1 aromatic heterocycles. The number of ether oxygens (including phenoxy) is 1. The number of hydrogen-bond donors (Lipinski definition) is 0. The second kappa shape index (κ2) is 4.72. The van der Waals surface area contributed by atoms with E-state index in [4.69, 9.17) is 4.74 Å². The summed E-state index contributed by atoms with van der Waals surface area (Å²) in [7, 11) is 0.414. The van der Waals surface area contributed by atoms with E-state index in [9.17, 15) is 4.21 Å². The zero-order valence-electron chi connectivity index (χ0n) is 11.2.